The Bertz CT molecular complexity index is 275. The van der Waals surface area contributed by atoms with E-state index in [0.717, 1.165) is 38.5 Å². The minimum Gasteiger partial charge on any atom is -0.392 e. The topological polar surface area (TPSA) is 20.2 Å². The molecule has 0 spiro atoms. The van der Waals surface area contributed by atoms with E-state index in [4.69, 9.17) is 12.8 Å². The van der Waals surface area contributed by atoms with E-state index in [0.29, 0.717) is 6.42 Å². The number of hydrogen-bond acceptors (Lipinski definition) is 1. The van der Waals surface area contributed by atoms with Gasteiger partial charge in [0.1, 0.15) is 0 Å². The van der Waals surface area contributed by atoms with Crippen LogP contribution in [0.15, 0.2) is 11.6 Å². The van der Waals surface area contributed by atoms with Crippen LogP contribution in [0.25, 0.3) is 0 Å². The fraction of sp³-hybridized carbons (Fsp3) is 0.600. The predicted molar refractivity (Wildman–Crippen MR) is 69.7 cm³/mol. The molecule has 0 aliphatic rings. The normalized spacial score (nSPS) is 12.9. The number of unbranched alkanes of at least 4 members (excludes halogenated alkanes) is 3. The summed E-state index contributed by atoms with van der Waals surface area (Å²) in [7, 11) is 0. The van der Waals surface area contributed by atoms with Crippen molar-refractivity contribution in [3.05, 3.63) is 11.6 Å². The third-order valence-corrected chi connectivity index (χ3v) is 2.49. The zero-order chi connectivity index (χ0) is 12.2. The van der Waals surface area contributed by atoms with Gasteiger partial charge < -0.3 is 5.11 Å². The molecule has 1 atom stereocenters. The number of rotatable bonds is 8. The van der Waals surface area contributed by atoms with E-state index in [1.165, 1.54) is 5.57 Å². The maximum atomic E-state index is 9.45. The Morgan fingerprint density at radius 1 is 1.31 bits per heavy atom. The molecule has 0 saturated heterocycles. The number of aliphatic hydroxyl groups is 1. The third-order valence-electron chi connectivity index (χ3n) is 2.49. The van der Waals surface area contributed by atoms with E-state index in [9.17, 15) is 5.11 Å². The van der Waals surface area contributed by atoms with Crippen LogP contribution in [0.4, 0.5) is 0 Å². The van der Waals surface area contributed by atoms with Crippen molar-refractivity contribution < 1.29 is 5.11 Å². The standard InChI is InChI=1S/C15H22O/c1-4-6-7-8-9-11-14(3)12-13-15(16)10-5-2/h1-2,11,15-16H,6-10,12-13H2,3H3. The summed E-state index contributed by atoms with van der Waals surface area (Å²) < 4.78 is 0. The molecule has 1 unspecified atom stereocenters. The highest BCUT2D eigenvalue weighted by Gasteiger charge is 2.01. The summed E-state index contributed by atoms with van der Waals surface area (Å²) in [5.74, 6) is 5.11. The van der Waals surface area contributed by atoms with Crippen molar-refractivity contribution in [2.24, 2.45) is 0 Å². The van der Waals surface area contributed by atoms with Crippen LogP contribution in [-0.4, -0.2) is 11.2 Å². The molecule has 16 heavy (non-hydrogen) atoms. The Hall–Kier alpha value is -1.18. The van der Waals surface area contributed by atoms with Crippen LogP contribution in [0, 0.1) is 24.7 Å². The molecule has 1 N–H and O–H groups in total. The van der Waals surface area contributed by atoms with Crippen molar-refractivity contribution in [2.45, 2.75) is 58.0 Å². The van der Waals surface area contributed by atoms with Crippen molar-refractivity contribution in [2.75, 3.05) is 0 Å². The maximum Gasteiger partial charge on any atom is 0.0652 e. The van der Waals surface area contributed by atoms with Crippen molar-refractivity contribution >= 4 is 0 Å². The van der Waals surface area contributed by atoms with Gasteiger partial charge in [-0.25, -0.2) is 0 Å². The number of hydrogen-bond donors (Lipinski definition) is 1. The Kier molecular flexibility index (Phi) is 9.58. The predicted octanol–water partition coefficient (Wildman–Crippen LogP) is 3.29. The Labute approximate surface area is 100.0 Å². The van der Waals surface area contributed by atoms with Gasteiger partial charge in [0.25, 0.3) is 0 Å². The van der Waals surface area contributed by atoms with Crippen LogP contribution in [0.3, 0.4) is 0 Å². The summed E-state index contributed by atoms with van der Waals surface area (Å²) in [5.41, 5.74) is 1.33. The average molecular weight is 218 g/mol. The fourth-order valence-electron chi connectivity index (χ4n) is 1.45. The summed E-state index contributed by atoms with van der Waals surface area (Å²) in [6.45, 7) is 2.10. The summed E-state index contributed by atoms with van der Waals surface area (Å²) in [6.07, 6.45) is 18.5. The number of terminal acetylenes is 2. The van der Waals surface area contributed by atoms with Crippen molar-refractivity contribution in [1.82, 2.24) is 0 Å². The molecular formula is C15H22O. The van der Waals surface area contributed by atoms with Gasteiger partial charge in [0.05, 0.1) is 6.10 Å². The highest BCUT2D eigenvalue weighted by Crippen LogP contribution is 2.11. The van der Waals surface area contributed by atoms with Gasteiger partial charge in [-0.15, -0.1) is 24.7 Å². The minimum absolute atomic E-state index is 0.352. The molecule has 0 aliphatic carbocycles. The quantitative estimate of drug-likeness (QED) is 0.376. The first-order chi connectivity index (χ1) is 7.70. The van der Waals surface area contributed by atoms with E-state index in [2.05, 4.69) is 24.8 Å². The van der Waals surface area contributed by atoms with E-state index < -0.39 is 0 Å². The summed E-state index contributed by atoms with van der Waals surface area (Å²) in [4.78, 5) is 0. The van der Waals surface area contributed by atoms with Crippen LogP contribution in [0.1, 0.15) is 51.9 Å². The first kappa shape index (κ1) is 14.8. The van der Waals surface area contributed by atoms with Gasteiger partial charge in [0, 0.05) is 12.8 Å². The smallest absolute Gasteiger partial charge is 0.0652 e. The van der Waals surface area contributed by atoms with Gasteiger partial charge >= 0.3 is 0 Å². The van der Waals surface area contributed by atoms with Gasteiger partial charge in [-0.3, -0.25) is 0 Å². The zero-order valence-corrected chi connectivity index (χ0v) is 10.2. The van der Waals surface area contributed by atoms with E-state index in [1.54, 1.807) is 0 Å². The molecule has 0 rings (SSSR count). The average Bonchev–Trinajstić information content (AvgIpc) is 2.26. The molecule has 0 aliphatic heterocycles. The molecule has 0 saturated carbocycles. The molecule has 0 radical (unpaired) electrons. The van der Waals surface area contributed by atoms with E-state index >= 15 is 0 Å². The van der Waals surface area contributed by atoms with Gasteiger partial charge in [0.2, 0.25) is 0 Å². The second-order valence-electron chi connectivity index (χ2n) is 4.10. The van der Waals surface area contributed by atoms with Crippen molar-refractivity contribution in [3.8, 4) is 24.7 Å². The molecule has 0 bridgehead atoms. The minimum atomic E-state index is -0.352. The molecule has 0 heterocycles. The van der Waals surface area contributed by atoms with Crippen molar-refractivity contribution in [3.63, 3.8) is 0 Å². The second-order valence-corrected chi connectivity index (χ2v) is 4.10. The van der Waals surface area contributed by atoms with Gasteiger partial charge in [-0.2, -0.15) is 0 Å². The Balaban J connectivity index is 3.56. The summed E-state index contributed by atoms with van der Waals surface area (Å²) >= 11 is 0. The third kappa shape index (κ3) is 9.38. The first-order valence-electron chi connectivity index (χ1n) is 5.91. The van der Waals surface area contributed by atoms with Gasteiger partial charge in [-0.05, 0) is 39.0 Å². The molecule has 0 aromatic carbocycles. The monoisotopic (exact) mass is 218 g/mol. The highest BCUT2D eigenvalue weighted by atomic mass is 16.3. The molecule has 88 valence electrons. The molecule has 1 heteroatoms. The molecule has 0 amide bonds. The lowest BCUT2D eigenvalue weighted by atomic mass is 10.0. The molecular weight excluding hydrogens is 196 g/mol. The SMILES string of the molecule is C#CCCCCC=C(C)CCC(O)CC#C. The Morgan fingerprint density at radius 3 is 2.69 bits per heavy atom. The van der Waals surface area contributed by atoms with Gasteiger partial charge in [-0.1, -0.05) is 11.6 Å². The Morgan fingerprint density at radius 2 is 2.06 bits per heavy atom. The van der Waals surface area contributed by atoms with E-state index in [1.807, 2.05) is 0 Å². The maximum absolute atomic E-state index is 9.45. The summed E-state index contributed by atoms with van der Waals surface area (Å²) in [5, 5.41) is 9.45. The second kappa shape index (κ2) is 10.3. The van der Waals surface area contributed by atoms with Crippen LogP contribution in [0.2, 0.25) is 0 Å². The van der Waals surface area contributed by atoms with Crippen LogP contribution in [-0.2, 0) is 0 Å². The lowest BCUT2D eigenvalue weighted by Crippen LogP contribution is -2.04. The highest BCUT2D eigenvalue weighted by molar-refractivity contribution is 4.99. The fourth-order valence-corrected chi connectivity index (χ4v) is 1.45. The van der Waals surface area contributed by atoms with Crippen molar-refractivity contribution in [1.29, 1.82) is 0 Å². The number of aliphatic hydroxyl groups excluding tert-OH is 1. The molecule has 0 aromatic rings. The van der Waals surface area contributed by atoms with Crippen LogP contribution < -0.4 is 0 Å². The zero-order valence-electron chi connectivity index (χ0n) is 10.2. The summed E-state index contributed by atoms with van der Waals surface area (Å²) in [6, 6.07) is 0. The van der Waals surface area contributed by atoms with E-state index in [-0.39, 0.29) is 6.10 Å². The molecule has 0 aromatic heterocycles. The first-order valence-corrected chi connectivity index (χ1v) is 5.91. The number of allylic oxidation sites excluding steroid dienone is 2. The van der Waals surface area contributed by atoms with Gasteiger partial charge in [0.15, 0.2) is 0 Å². The molecule has 0 fully saturated rings. The largest absolute Gasteiger partial charge is 0.392 e. The van der Waals surface area contributed by atoms with Crippen LogP contribution in [0.5, 0.6) is 0 Å². The lowest BCUT2D eigenvalue weighted by molar-refractivity contribution is 0.170. The molecule has 1 nitrogen and oxygen atoms in total. The van der Waals surface area contributed by atoms with Crippen LogP contribution >= 0.6 is 0 Å². The lowest BCUT2D eigenvalue weighted by Gasteiger charge is -2.06.